The summed E-state index contributed by atoms with van der Waals surface area (Å²) in [4.78, 5) is 29.0. The standard InChI is InChI=1S/C19H15NO5/c1-12(16-11-14-5-3-4-6-17(14)24-19(16)22)20-25-18(21)13-7-9-15(23-2)10-8-13/h3-11H,1-2H3. The van der Waals surface area contributed by atoms with Crippen LogP contribution in [0.1, 0.15) is 22.8 Å². The van der Waals surface area contributed by atoms with Gasteiger partial charge in [-0.25, -0.2) is 9.59 Å². The fourth-order valence-corrected chi connectivity index (χ4v) is 2.25. The van der Waals surface area contributed by atoms with Gasteiger partial charge in [0.05, 0.1) is 23.9 Å². The highest BCUT2D eigenvalue weighted by molar-refractivity contribution is 6.00. The predicted octanol–water partition coefficient (Wildman–Crippen LogP) is 3.38. The van der Waals surface area contributed by atoms with E-state index in [2.05, 4.69) is 5.16 Å². The Balaban J connectivity index is 1.82. The van der Waals surface area contributed by atoms with Gasteiger partial charge in [-0.2, -0.15) is 0 Å². The predicted molar refractivity (Wildman–Crippen MR) is 93.1 cm³/mol. The minimum absolute atomic E-state index is 0.237. The quantitative estimate of drug-likeness (QED) is 0.316. The second-order valence-corrected chi connectivity index (χ2v) is 5.27. The van der Waals surface area contributed by atoms with Gasteiger partial charge in [-0.1, -0.05) is 23.4 Å². The molecule has 0 saturated heterocycles. The monoisotopic (exact) mass is 337 g/mol. The summed E-state index contributed by atoms with van der Waals surface area (Å²) in [6.07, 6.45) is 0. The van der Waals surface area contributed by atoms with Gasteiger partial charge in [0.1, 0.15) is 11.3 Å². The van der Waals surface area contributed by atoms with Crippen molar-refractivity contribution in [2.75, 3.05) is 7.11 Å². The van der Waals surface area contributed by atoms with Crippen molar-refractivity contribution >= 4 is 22.7 Å². The molecule has 1 heterocycles. The van der Waals surface area contributed by atoms with Crippen molar-refractivity contribution in [1.29, 1.82) is 0 Å². The molecule has 0 aliphatic rings. The molecule has 0 spiro atoms. The average Bonchev–Trinajstić information content (AvgIpc) is 2.65. The van der Waals surface area contributed by atoms with Crippen molar-refractivity contribution in [3.8, 4) is 5.75 Å². The molecule has 2 aromatic carbocycles. The molecule has 0 bridgehead atoms. The smallest absolute Gasteiger partial charge is 0.365 e. The summed E-state index contributed by atoms with van der Waals surface area (Å²) >= 11 is 0. The summed E-state index contributed by atoms with van der Waals surface area (Å²) in [7, 11) is 1.54. The van der Waals surface area contributed by atoms with Crippen LogP contribution in [-0.4, -0.2) is 18.8 Å². The van der Waals surface area contributed by atoms with Gasteiger partial charge in [0, 0.05) is 5.39 Å². The van der Waals surface area contributed by atoms with E-state index in [0.29, 0.717) is 16.9 Å². The number of ether oxygens (including phenoxy) is 1. The molecule has 0 unspecified atom stereocenters. The molecular weight excluding hydrogens is 322 g/mol. The Hall–Kier alpha value is -3.41. The molecular formula is C19H15NO5. The number of nitrogens with zero attached hydrogens (tertiary/aromatic N) is 1. The van der Waals surface area contributed by atoms with Crippen molar-refractivity contribution in [3.63, 3.8) is 0 Å². The second kappa shape index (κ2) is 7.00. The molecule has 0 aliphatic heterocycles. The number of fused-ring (bicyclic) bond motifs is 1. The lowest BCUT2D eigenvalue weighted by molar-refractivity contribution is 0.0516. The molecule has 25 heavy (non-hydrogen) atoms. The Kier molecular flexibility index (Phi) is 4.61. The molecule has 6 nitrogen and oxygen atoms in total. The molecule has 0 radical (unpaired) electrons. The van der Waals surface area contributed by atoms with Gasteiger partial charge < -0.3 is 14.0 Å². The Morgan fingerprint density at radius 1 is 1.08 bits per heavy atom. The largest absolute Gasteiger partial charge is 0.497 e. The zero-order valence-corrected chi connectivity index (χ0v) is 13.7. The first-order valence-electron chi connectivity index (χ1n) is 7.52. The molecule has 6 heteroatoms. The lowest BCUT2D eigenvalue weighted by atomic mass is 10.1. The first kappa shape index (κ1) is 16.4. The van der Waals surface area contributed by atoms with Gasteiger partial charge >= 0.3 is 11.6 Å². The van der Waals surface area contributed by atoms with Crippen LogP contribution in [0.5, 0.6) is 5.75 Å². The van der Waals surface area contributed by atoms with Gasteiger partial charge in [0.25, 0.3) is 0 Å². The van der Waals surface area contributed by atoms with Crippen LogP contribution in [0.2, 0.25) is 0 Å². The van der Waals surface area contributed by atoms with E-state index in [9.17, 15) is 9.59 Å². The molecule has 1 aromatic heterocycles. The van der Waals surface area contributed by atoms with E-state index in [0.717, 1.165) is 5.39 Å². The van der Waals surface area contributed by atoms with Crippen molar-refractivity contribution < 1.29 is 18.8 Å². The topological polar surface area (TPSA) is 78.1 Å². The summed E-state index contributed by atoms with van der Waals surface area (Å²) in [6.45, 7) is 1.57. The lowest BCUT2D eigenvalue weighted by Crippen LogP contribution is -2.13. The van der Waals surface area contributed by atoms with E-state index in [1.807, 2.05) is 12.1 Å². The number of benzene rings is 2. The van der Waals surface area contributed by atoms with E-state index in [1.54, 1.807) is 49.4 Å². The van der Waals surface area contributed by atoms with E-state index in [-0.39, 0.29) is 11.3 Å². The van der Waals surface area contributed by atoms with Crippen LogP contribution in [0, 0.1) is 0 Å². The van der Waals surface area contributed by atoms with Crippen LogP contribution in [0.15, 0.2) is 69.0 Å². The first-order valence-corrected chi connectivity index (χ1v) is 7.52. The Bertz CT molecular complexity index is 1000. The van der Waals surface area contributed by atoms with Crippen LogP contribution >= 0.6 is 0 Å². The third kappa shape index (κ3) is 3.58. The molecule has 0 amide bonds. The Morgan fingerprint density at radius 3 is 2.52 bits per heavy atom. The SMILES string of the molecule is COc1ccc(C(=O)ON=C(C)c2cc3ccccc3oc2=O)cc1. The van der Waals surface area contributed by atoms with E-state index >= 15 is 0 Å². The van der Waals surface area contributed by atoms with Gasteiger partial charge in [0.2, 0.25) is 0 Å². The number of carbonyl (C=O) groups excluding carboxylic acids is 1. The van der Waals surface area contributed by atoms with Crippen molar-refractivity contribution in [2.24, 2.45) is 5.16 Å². The number of rotatable bonds is 4. The summed E-state index contributed by atoms with van der Waals surface area (Å²) in [5.41, 5.74) is 0.755. The van der Waals surface area contributed by atoms with Gasteiger partial charge in [-0.3, -0.25) is 0 Å². The van der Waals surface area contributed by atoms with E-state index in [4.69, 9.17) is 14.0 Å². The number of hydrogen-bond donors (Lipinski definition) is 0. The Morgan fingerprint density at radius 2 is 1.80 bits per heavy atom. The zero-order chi connectivity index (χ0) is 17.8. The fraction of sp³-hybridized carbons (Fsp3) is 0.105. The van der Waals surface area contributed by atoms with Crippen LogP contribution in [-0.2, 0) is 4.84 Å². The molecule has 0 N–H and O–H groups in total. The third-order valence-corrected chi connectivity index (χ3v) is 3.62. The van der Waals surface area contributed by atoms with E-state index in [1.165, 1.54) is 7.11 Å². The highest BCUT2D eigenvalue weighted by Crippen LogP contribution is 2.14. The second-order valence-electron chi connectivity index (χ2n) is 5.27. The normalized spacial score (nSPS) is 11.4. The van der Waals surface area contributed by atoms with Crippen LogP contribution in [0.25, 0.3) is 11.0 Å². The number of para-hydroxylation sites is 1. The number of hydrogen-bond acceptors (Lipinski definition) is 6. The average molecular weight is 337 g/mol. The lowest BCUT2D eigenvalue weighted by Gasteiger charge is -2.03. The number of carbonyl (C=O) groups is 1. The minimum Gasteiger partial charge on any atom is -0.497 e. The van der Waals surface area contributed by atoms with Crippen molar-refractivity contribution in [2.45, 2.75) is 6.92 Å². The van der Waals surface area contributed by atoms with Crippen LogP contribution in [0.3, 0.4) is 0 Å². The maximum atomic E-state index is 12.1. The van der Waals surface area contributed by atoms with Crippen molar-refractivity contribution in [1.82, 2.24) is 0 Å². The summed E-state index contributed by atoms with van der Waals surface area (Å²) in [5.74, 6) is -0.00261. The first-order chi connectivity index (χ1) is 12.1. The molecule has 0 aliphatic carbocycles. The molecule has 3 rings (SSSR count). The Labute approximate surface area is 143 Å². The zero-order valence-electron chi connectivity index (χ0n) is 13.7. The van der Waals surface area contributed by atoms with Crippen LogP contribution in [0.4, 0.5) is 0 Å². The summed E-state index contributed by atoms with van der Waals surface area (Å²) < 4.78 is 10.3. The maximum Gasteiger partial charge on any atom is 0.365 e. The number of oxime groups is 1. The summed E-state index contributed by atoms with van der Waals surface area (Å²) in [5, 5.41) is 4.51. The third-order valence-electron chi connectivity index (χ3n) is 3.62. The van der Waals surface area contributed by atoms with Crippen molar-refractivity contribution in [3.05, 3.63) is 76.1 Å². The van der Waals surface area contributed by atoms with Gasteiger partial charge in [-0.05, 0) is 43.3 Å². The van der Waals surface area contributed by atoms with Gasteiger partial charge in [-0.15, -0.1) is 0 Å². The maximum absolute atomic E-state index is 12.1. The molecule has 0 atom stereocenters. The molecule has 0 saturated carbocycles. The number of methoxy groups -OCH3 is 1. The highest BCUT2D eigenvalue weighted by Gasteiger charge is 2.11. The molecule has 0 fully saturated rings. The molecule has 3 aromatic rings. The minimum atomic E-state index is -0.632. The molecule has 126 valence electrons. The highest BCUT2D eigenvalue weighted by atomic mass is 16.7. The van der Waals surface area contributed by atoms with Crippen LogP contribution < -0.4 is 10.4 Å². The van der Waals surface area contributed by atoms with E-state index < -0.39 is 11.6 Å². The van der Waals surface area contributed by atoms with Gasteiger partial charge in [0.15, 0.2) is 0 Å². The summed E-state index contributed by atoms with van der Waals surface area (Å²) in [6, 6.07) is 15.2. The fourth-order valence-electron chi connectivity index (χ4n) is 2.25.